The lowest BCUT2D eigenvalue weighted by Crippen LogP contribution is -2.33. The van der Waals surface area contributed by atoms with Crippen LogP contribution >= 0.6 is 0 Å². The van der Waals surface area contributed by atoms with Crippen molar-refractivity contribution in [3.8, 4) is 0 Å². The third kappa shape index (κ3) is 5.45. The number of hydrogen-bond donors (Lipinski definition) is 0. The van der Waals surface area contributed by atoms with Crippen molar-refractivity contribution in [1.82, 2.24) is 14.7 Å². The molecule has 182 valence electrons. The highest BCUT2D eigenvalue weighted by Gasteiger charge is 2.35. The number of rotatable bonds is 8. The van der Waals surface area contributed by atoms with Crippen molar-refractivity contribution in [3.63, 3.8) is 0 Å². The van der Waals surface area contributed by atoms with E-state index in [-0.39, 0.29) is 30.5 Å². The van der Waals surface area contributed by atoms with E-state index in [0.717, 1.165) is 30.0 Å². The largest absolute Gasteiger partial charge is 0.331 e. The molecule has 0 radical (unpaired) electrons. The number of aromatic nitrogens is 2. The quantitative estimate of drug-likeness (QED) is 0.436. The molecule has 4 rings (SSSR count). The number of carbonyl (C=O) groups excluding carboxylic acids is 1. The first-order valence-corrected chi connectivity index (χ1v) is 11.8. The predicted molar refractivity (Wildman–Crippen MR) is 126 cm³/mol. The second-order valence-electron chi connectivity index (χ2n) is 10.3. The summed E-state index contributed by atoms with van der Waals surface area (Å²) in [4.78, 5) is 15.4. The Morgan fingerprint density at radius 2 is 2.03 bits per heavy atom. The topological polar surface area (TPSA) is 38.1 Å². The minimum Gasteiger partial charge on any atom is -0.331 e. The molecule has 1 aromatic carbocycles. The van der Waals surface area contributed by atoms with E-state index in [1.165, 1.54) is 17.8 Å². The highest BCUT2D eigenvalue weighted by molar-refractivity contribution is 5.94. The monoisotopic (exact) mass is 471 g/mol. The molecular weight excluding hydrogens is 439 g/mol. The van der Waals surface area contributed by atoms with E-state index in [9.17, 15) is 18.0 Å². The van der Waals surface area contributed by atoms with Crippen molar-refractivity contribution in [1.29, 1.82) is 0 Å². The molecule has 1 aromatic heterocycles. The van der Waals surface area contributed by atoms with Crippen LogP contribution in [-0.2, 0) is 13.1 Å². The standard InChI is InChI=1S/C27H32F3N3O/c1-17(2)24-8-5-18(3)9-20(24)15-33(23-6-7-23)26(34)21-13-31-32(14-21)16-27(4)11-19(25(29)30)10-22(28)12-27/h5,8-10,12-14,17,23,25H,6-7,11,15-16H2,1-4H3. The Balaban J connectivity index is 1.52. The number of hydrogen-bond acceptors (Lipinski definition) is 2. The molecule has 4 nitrogen and oxygen atoms in total. The van der Waals surface area contributed by atoms with Crippen LogP contribution in [0.15, 0.2) is 54.1 Å². The Kier molecular flexibility index (Phi) is 6.74. The average Bonchev–Trinajstić information content (AvgIpc) is 3.49. The second kappa shape index (κ2) is 9.43. The maximum Gasteiger partial charge on any atom is 0.260 e. The van der Waals surface area contributed by atoms with Gasteiger partial charge < -0.3 is 4.90 Å². The summed E-state index contributed by atoms with van der Waals surface area (Å²) >= 11 is 0. The fourth-order valence-corrected chi connectivity index (χ4v) is 4.83. The van der Waals surface area contributed by atoms with Gasteiger partial charge in [-0.05, 0) is 61.0 Å². The Morgan fingerprint density at radius 1 is 1.29 bits per heavy atom. The SMILES string of the molecule is Cc1ccc(C(C)C)c(CN(C(=O)c2cnn(CC3(C)C=C(F)C=C(C(F)F)C3)c2)C2CC2)c1. The van der Waals surface area contributed by atoms with E-state index in [2.05, 4.69) is 44.1 Å². The maximum absolute atomic E-state index is 14.0. The minimum atomic E-state index is -2.70. The van der Waals surface area contributed by atoms with E-state index < -0.39 is 17.7 Å². The summed E-state index contributed by atoms with van der Waals surface area (Å²) in [5, 5.41) is 4.31. The molecule has 1 amide bonds. The number of amides is 1. The van der Waals surface area contributed by atoms with Crippen LogP contribution in [0.2, 0.25) is 0 Å². The Hall–Kier alpha value is -2.83. The molecule has 1 unspecified atom stereocenters. The molecule has 1 fully saturated rings. The third-order valence-corrected chi connectivity index (χ3v) is 6.61. The number of nitrogens with zero attached hydrogens (tertiary/aromatic N) is 3. The van der Waals surface area contributed by atoms with Gasteiger partial charge in [0.2, 0.25) is 0 Å². The van der Waals surface area contributed by atoms with Crippen LogP contribution in [0.5, 0.6) is 0 Å². The Bertz CT molecular complexity index is 1130. The molecule has 7 heteroatoms. The summed E-state index contributed by atoms with van der Waals surface area (Å²) < 4.78 is 42.0. The van der Waals surface area contributed by atoms with Crippen molar-refractivity contribution in [2.45, 2.75) is 78.4 Å². The van der Waals surface area contributed by atoms with Gasteiger partial charge in [-0.3, -0.25) is 9.48 Å². The number of halogens is 3. The van der Waals surface area contributed by atoms with Crippen LogP contribution < -0.4 is 0 Å². The van der Waals surface area contributed by atoms with E-state index >= 15 is 0 Å². The Morgan fingerprint density at radius 3 is 2.68 bits per heavy atom. The van der Waals surface area contributed by atoms with Crippen LogP contribution in [0.1, 0.15) is 73.0 Å². The Labute approximate surface area is 199 Å². The van der Waals surface area contributed by atoms with Gasteiger partial charge in [-0.15, -0.1) is 0 Å². The van der Waals surface area contributed by atoms with Gasteiger partial charge in [-0.2, -0.15) is 5.10 Å². The summed E-state index contributed by atoms with van der Waals surface area (Å²) in [6.07, 6.45) is 4.75. The first-order valence-electron chi connectivity index (χ1n) is 11.8. The van der Waals surface area contributed by atoms with Crippen molar-refractivity contribution in [2.24, 2.45) is 5.41 Å². The fraction of sp³-hybridized carbons (Fsp3) is 0.481. The lowest BCUT2D eigenvalue weighted by atomic mass is 9.79. The molecule has 1 saturated carbocycles. The maximum atomic E-state index is 14.0. The van der Waals surface area contributed by atoms with Gasteiger partial charge >= 0.3 is 0 Å². The summed E-state index contributed by atoms with van der Waals surface area (Å²) in [6.45, 7) is 8.83. The van der Waals surface area contributed by atoms with Gasteiger partial charge in [0.15, 0.2) is 0 Å². The lowest BCUT2D eigenvalue weighted by molar-refractivity contribution is 0.0729. The van der Waals surface area contributed by atoms with Crippen molar-refractivity contribution in [3.05, 3.63) is 76.4 Å². The van der Waals surface area contributed by atoms with Crippen molar-refractivity contribution < 1.29 is 18.0 Å². The van der Waals surface area contributed by atoms with Crippen molar-refractivity contribution >= 4 is 5.91 Å². The number of alkyl halides is 2. The smallest absolute Gasteiger partial charge is 0.260 e. The number of aryl methyl sites for hydroxylation is 1. The molecule has 2 aromatic rings. The highest BCUT2D eigenvalue weighted by Crippen LogP contribution is 2.38. The summed E-state index contributed by atoms with van der Waals surface area (Å²) in [5.41, 5.74) is 2.95. The van der Waals surface area contributed by atoms with Crippen molar-refractivity contribution in [2.75, 3.05) is 0 Å². The molecule has 0 N–H and O–H groups in total. The summed E-state index contributed by atoms with van der Waals surface area (Å²) in [5.74, 6) is -0.397. The molecule has 0 aliphatic heterocycles. The molecular formula is C27H32F3N3O. The van der Waals surface area contributed by atoms with Crippen LogP contribution in [-0.4, -0.2) is 33.1 Å². The second-order valence-corrected chi connectivity index (χ2v) is 10.3. The van der Waals surface area contributed by atoms with Gasteiger partial charge in [0.25, 0.3) is 12.3 Å². The van der Waals surface area contributed by atoms with Crippen LogP contribution in [0, 0.1) is 12.3 Å². The fourth-order valence-electron chi connectivity index (χ4n) is 4.83. The average molecular weight is 472 g/mol. The third-order valence-electron chi connectivity index (χ3n) is 6.61. The lowest BCUT2D eigenvalue weighted by Gasteiger charge is -2.30. The molecule has 2 aliphatic carbocycles. The predicted octanol–water partition coefficient (Wildman–Crippen LogP) is 6.57. The highest BCUT2D eigenvalue weighted by atomic mass is 19.3. The van der Waals surface area contributed by atoms with Crippen LogP contribution in [0.3, 0.4) is 0 Å². The van der Waals surface area contributed by atoms with Crippen LogP contribution in [0.4, 0.5) is 13.2 Å². The zero-order chi connectivity index (χ0) is 24.6. The molecule has 0 saturated heterocycles. The van der Waals surface area contributed by atoms with E-state index in [1.54, 1.807) is 17.8 Å². The first kappa shape index (κ1) is 24.3. The zero-order valence-electron chi connectivity index (χ0n) is 20.2. The molecule has 0 bridgehead atoms. The molecule has 34 heavy (non-hydrogen) atoms. The van der Waals surface area contributed by atoms with Gasteiger partial charge in [-0.25, -0.2) is 13.2 Å². The summed E-state index contributed by atoms with van der Waals surface area (Å²) in [7, 11) is 0. The van der Waals surface area contributed by atoms with E-state index in [1.807, 2.05) is 4.90 Å². The van der Waals surface area contributed by atoms with E-state index in [0.29, 0.717) is 18.0 Å². The number of carbonyl (C=O) groups is 1. The zero-order valence-corrected chi connectivity index (χ0v) is 20.2. The van der Waals surface area contributed by atoms with Gasteiger partial charge in [0, 0.05) is 24.2 Å². The minimum absolute atomic E-state index is 0.0424. The molecule has 1 atom stereocenters. The van der Waals surface area contributed by atoms with Crippen LogP contribution in [0.25, 0.3) is 0 Å². The summed E-state index contributed by atoms with van der Waals surface area (Å²) in [6, 6.07) is 6.61. The van der Waals surface area contributed by atoms with Gasteiger partial charge in [0.05, 0.1) is 18.3 Å². The first-order chi connectivity index (χ1) is 16.0. The number of benzene rings is 1. The molecule has 1 heterocycles. The number of allylic oxidation sites excluding steroid dienone is 4. The molecule has 0 spiro atoms. The van der Waals surface area contributed by atoms with Gasteiger partial charge in [-0.1, -0.05) is 44.5 Å². The van der Waals surface area contributed by atoms with E-state index in [4.69, 9.17) is 0 Å². The molecule has 2 aliphatic rings. The normalized spacial score (nSPS) is 20.5. The van der Waals surface area contributed by atoms with Gasteiger partial charge in [0.1, 0.15) is 5.83 Å².